The number of hydrogen-bond acceptors (Lipinski definition) is 5. The lowest BCUT2D eigenvalue weighted by Crippen LogP contribution is -2.20. The molecule has 2 N–H and O–H groups in total. The number of nitro groups is 1. The van der Waals surface area contributed by atoms with Crippen molar-refractivity contribution < 1.29 is 4.92 Å². The molecule has 0 aliphatic heterocycles. The van der Waals surface area contributed by atoms with Crippen molar-refractivity contribution >= 4 is 11.5 Å². The second-order valence-corrected chi connectivity index (χ2v) is 4.87. The molecule has 1 unspecified atom stereocenters. The van der Waals surface area contributed by atoms with Crippen LogP contribution in [0.15, 0.2) is 18.3 Å². The highest BCUT2D eigenvalue weighted by atomic mass is 16.6. The summed E-state index contributed by atoms with van der Waals surface area (Å²) in [4.78, 5) is 14.8. The molecule has 2 aromatic rings. The Bertz CT molecular complexity index is 623. The lowest BCUT2D eigenvalue weighted by atomic mass is 10.1. The highest BCUT2D eigenvalue weighted by molar-refractivity contribution is 5.60. The van der Waals surface area contributed by atoms with Gasteiger partial charge in [0.1, 0.15) is 0 Å². The number of aromatic amines is 1. The van der Waals surface area contributed by atoms with Gasteiger partial charge in [-0.1, -0.05) is 0 Å². The summed E-state index contributed by atoms with van der Waals surface area (Å²) in [5, 5.41) is 21.2. The Morgan fingerprint density at radius 1 is 1.50 bits per heavy atom. The minimum absolute atomic E-state index is 0.00861. The summed E-state index contributed by atoms with van der Waals surface area (Å²) in [6.45, 7) is 5.58. The van der Waals surface area contributed by atoms with E-state index >= 15 is 0 Å². The minimum Gasteiger partial charge on any atom is -0.361 e. The van der Waals surface area contributed by atoms with Crippen LogP contribution in [0.5, 0.6) is 0 Å². The zero-order valence-corrected chi connectivity index (χ0v) is 11.7. The monoisotopic (exact) mass is 275 g/mol. The van der Waals surface area contributed by atoms with Crippen LogP contribution in [0.25, 0.3) is 0 Å². The van der Waals surface area contributed by atoms with Gasteiger partial charge in [-0.25, -0.2) is 4.98 Å². The summed E-state index contributed by atoms with van der Waals surface area (Å²) >= 11 is 0. The molecule has 2 aromatic heterocycles. The van der Waals surface area contributed by atoms with E-state index in [1.807, 2.05) is 19.9 Å². The molecule has 0 radical (unpaired) electrons. The van der Waals surface area contributed by atoms with Crippen LogP contribution >= 0.6 is 0 Å². The van der Waals surface area contributed by atoms with Crippen LogP contribution in [-0.2, 0) is 6.42 Å². The quantitative estimate of drug-likeness (QED) is 0.645. The number of nitrogens with zero attached hydrogens (tertiary/aromatic N) is 3. The molecule has 106 valence electrons. The first-order chi connectivity index (χ1) is 9.47. The van der Waals surface area contributed by atoms with Gasteiger partial charge in [-0.2, -0.15) is 5.10 Å². The standard InChI is InChI=1S/C13H17N5O2/c1-8-4-5-14-13(12(8)18(19)20)15-9(2)6-11-7-10(3)16-17-11/h4-5,7,9H,6H2,1-3H3,(H,14,15)(H,16,17). The number of rotatable bonds is 5. The Morgan fingerprint density at radius 2 is 2.25 bits per heavy atom. The third kappa shape index (κ3) is 3.11. The van der Waals surface area contributed by atoms with Crippen molar-refractivity contribution in [3.63, 3.8) is 0 Å². The van der Waals surface area contributed by atoms with Gasteiger partial charge in [-0.3, -0.25) is 15.2 Å². The second kappa shape index (κ2) is 5.68. The molecular formula is C13H17N5O2. The van der Waals surface area contributed by atoms with E-state index in [0.717, 1.165) is 11.4 Å². The van der Waals surface area contributed by atoms with Gasteiger partial charge in [0.05, 0.1) is 10.6 Å². The van der Waals surface area contributed by atoms with Crippen LogP contribution in [0, 0.1) is 24.0 Å². The zero-order valence-electron chi connectivity index (χ0n) is 11.7. The fourth-order valence-corrected chi connectivity index (χ4v) is 2.06. The second-order valence-electron chi connectivity index (χ2n) is 4.87. The Morgan fingerprint density at radius 3 is 2.85 bits per heavy atom. The van der Waals surface area contributed by atoms with Crippen LogP contribution in [0.4, 0.5) is 11.5 Å². The maximum Gasteiger partial charge on any atom is 0.314 e. The predicted octanol–water partition coefficient (Wildman–Crippen LogP) is 2.37. The molecule has 20 heavy (non-hydrogen) atoms. The first kappa shape index (κ1) is 14.0. The molecule has 0 bridgehead atoms. The number of H-pyrrole nitrogens is 1. The Hall–Kier alpha value is -2.44. The molecule has 0 amide bonds. The molecule has 0 saturated carbocycles. The maximum atomic E-state index is 11.1. The molecule has 2 heterocycles. The van der Waals surface area contributed by atoms with E-state index < -0.39 is 4.92 Å². The topological polar surface area (TPSA) is 96.7 Å². The van der Waals surface area contributed by atoms with Gasteiger partial charge >= 0.3 is 5.69 Å². The fraction of sp³-hybridized carbons (Fsp3) is 0.385. The summed E-state index contributed by atoms with van der Waals surface area (Å²) in [7, 11) is 0. The number of aryl methyl sites for hydroxylation is 2. The summed E-state index contributed by atoms with van der Waals surface area (Å²) in [5.41, 5.74) is 2.53. The third-order valence-electron chi connectivity index (χ3n) is 2.97. The Labute approximate surface area is 116 Å². The summed E-state index contributed by atoms with van der Waals surface area (Å²) in [6, 6.07) is 3.58. The van der Waals surface area contributed by atoms with Gasteiger partial charge in [0.15, 0.2) is 0 Å². The van der Waals surface area contributed by atoms with Crippen molar-refractivity contribution in [3.8, 4) is 0 Å². The van der Waals surface area contributed by atoms with Crippen molar-refractivity contribution in [2.45, 2.75) is 33.2 Å². The Balaban J connectivity index is 2.13. The molecule has 7 heteroatoms. The van der Waals surface area contributed by atoms with Crippen LogP contribution in [-0.4, -0.2) is 26.1 Å². The van der Waals surface area contributed by atoms with Gasteiger partial charge in [0, 0.05) is 29.9 Å². The summed E-state index contributed by atoms with van der Waals surface area (Å²) in [5.74, 6) is 0.301. The zero-order chi connectivity index (χ0) is 14.7. The summed E-state index contributed by atoms with van der Waals surface area (Å²) in [6.07, 6.45) is 2.23. The highest BCUT2D eigenvalue weighted by Crippen LogP contribution is 2.26. The molecule has 0 fully saturated rings. The van der Waals surface area contributed by atoms with Gasteiger partial charge < -0.3 is 5.32 Å². The minimum atomic E-state index is -0.407. The number of hydrogen-bond donors (Lipinski definition) is 2. The first-order valence-electron chi connectivity index (χ1n) is 6.34. The SMILES string of the molecule is Cc1cc(CC(C)Nc2nccc(C)c2[N+](=O)[O-])n[nH]1. The smallest absolute Gasteiger partial charge is 0.314 e. The van der Waals surface area contributed by atoms with Gasteiger partial charge in [-0.15, -0.1) is 0 Å². The maximum absolute atomic E-state index is 11.1. The van der Waals surface area contributed by atoms with E-state index in [0.29, 0.717) is 17.8 Å². The van der Waals surface area contributed by atoms with Gasteiger partial charge in [0.25, 0.3) is 0 Å². The number of aromatic nitrogens is 3. The van der Waals surface area contributed by atoms with E-state index in [9.17, 15) is 10.1 Å². The van der Waals surface area contributed by atoms with Crippen LogP contribution < -0.4 is 5.32 Å². The lowest BCUT2D eigenvalue weighted by molar-refractivity contribution is -0.384. The fourth-order valence-electron chi connectivity index (χ4n) is 2.06. The van der Waals surface area contributed by atoms with Crippen molar-refractivity contribution in [1.29, 1.82) is 0 Å². The predicted molar refractivity (Wildman–Crippen MR) is 75.7 cm³/mol. The van der Waals surface area contributed by atoms with E-state index in [2.05, 4.69) is 20.5 Å². The third-order valence-corrected chi connectivity index (χ3v) is 2.97. The average molecular weight is 275 g/mol. The normalized spacial score (nSPS) is 12.2. The lowest BCUT2D eigenvalue weighted by Gasteiger charge is -2.13. The van der Waals surface area contributed by atoms with E-state index in [-0.39, 0.29) is 11.7 Å². The van der Waals surface area contributed by atoms with E-state index in [4.69, 9.17) is 0 Å². The van der Waals surface area contributed by atoms with Crippen LogP contribution in [0.2, 0.25) is 0 Å². The molecule has 0 aliphatic carbocycles. The van der Waals surface area contributed by atoms with Gasteiger partial charge in [0.2, 0.25) is 5.82 Å². The van der Waals surface area contributed by atoms with Crippen LogP contribution in [0.1, 0.15) is 23.9 Å². The van der Waals surface area contributed by atoms with Crippen molar-refractivity contribution in [3.05, 3.63) is 45.4 Å². The number of anilines is 1. The number of pyridine rings is 1. The molecule has 0 saturated heterocycles. The molecule has 2 rings (SSSR count). The molecule has 1 atom stereocenters. The molecule has 0 aliphatic rings. The average Bonchev–Trinajstić information content (AvgIpc) is 2.74. The molecule has 7 nitrogen and oxygen atoms in total. The molecule has 0 spiro atoms. The largest absolute Gasteiger partial charge is 0.361 e. The van der Waals surface area contributed by atoms with Gasteiger partial charge in [-0.05, 0) is 32.9 Å². The Kier molecular flexibility index (Phi) is 3.97. The van der Waals surface area contributed by atoms with Crippen molar-refractivity contribution in [2.24, 2.45) is 0 Å². The highest BCUT2D eigenvalue weighted by Gasteiger charge is 2.20. The molecule has 0 aromatic carbocycles. The first-order valence-corrected chi connectivity index (χ1v) is 6.34. The van der Waals surface area contributed by atoms with E-state index in [1.165, 1.54) is 0 Å². The molecular weight excluding hydrogens is 258 g/mol. The van der Waals surface area contributed by atoms with Crippen molar-refractivity contribution in [1.82, 2.24) is 15.2 Å². The number of nitrogens with one attached hydrogen (secondary N) is 2. The van der Waals surface area contributed by atoms with E-state index in [1.54, 1.807) is 19.2 Å². The summed E-state index contributed by atoms with van der Waals surface area (Å²) < 4.78 is 0. The van der Waals surface area contributed by atoms with Crippen LogP contribution in [0.3, 0.4) is 0 Å². The van der Waals surface area contributed by atoms with Crippen molar-refractivity contribution in [2.75, 3.05) is 5.32 Å².